The molecular formula is C5H11N3O. The summed E-state index contributed by atoms with van der Waals surface area (Å²) < 4.78 is 4.73. The average molecular weight is 129 g/mol. The predicted molar refractivity (Wildman–Crippen MR) is 36.6 cm³/mol. The number of hydrazine groups is 1. The number of ether oxygens (including phenoxy) is 1. The molecule has 52 valence electrons. The summed E-state index contributed by atoms with van der Waals surface area (Å²) in [5, 5.41) is 1.27. The van der Waals surface area contributed by atoms with Gasteiger partial charge >= 0.3 is 6.02 Å². The van der Waals surface area contributed by atoms with Crippen molar-refractivity contribution < 1.29 is 4.74 Å². The molecule has 9 heavy (non-hydrogen) atoms. The van der Waals surface area contributed by atoms with E-state index in [9.17, 15) is 0 Å². The smallest absolute Gasteiger partial charge is 0.306 e. The first-order valence-corrected chi connectivity index (χ1v) is 2.43. The van der Waals surface area contributed by atoms with Crippen molar-refractivity contribution in [3.05, 3.63) is 12.8 Å². The van der Waals surface area contributed by atoms with Crippen molar-refractivity contribution in [1.29, 1.82) is 0 Å². The summed E-state index contributed by atoms with van der Waals surface area (Å²) in [7, 11) is 3.12. The molecule has 0 rings (SSSR count). The molecule has 0 heterocycles. The minimum absolute atomic E-state index is 0.338. The van der Waals surface area contributed by atoms with Crippen LogP contribution < -0.4 is 5.84 Å². The number of amidine groups is 1. The first-order chi connectivity index (χ1) is 4.22. The number of nitrogens with zero attached hydrogens (tertiary/aromatic N) is 2. The van der Waals surface area contributed by atoms with Gasteiger partial charge in [0.2, 0.25) is 0 Å². The van der Waals surface area contributed by atoms with Gasteiger partial charge in [-0.2, -0.15) is 0 Å². The van der Waals surface area contributed by atoms with Crippen LogP contribution >= 0.6 is 0 Å². The number of rotatable bonds is 1. The molecule has 0 unspecified atom stereocenters. The second-order valence-electron chi connectivity index (χ2n) is 1.41. The van der Waals surface area contributed by atoms with Gasteiger partial charge in [0.15, 0.2) is 0 Å². The SMILES string of the molecule is C=C/N=C(/OC)N(C)N. The van der Waals surface area contributed by atoms with Crippen molar-refractivity contribution in [1.82, 2.24) is 5.01 Å². The highest BCUT2D eigenvalue weighted by Crippen LogP contribution is 1.81. The third kappa shape index (κ3) is 2.71. The van der Waals surface area contributed by atoms with Crippen molar-refractivity contribution in [3.63, 3.8) is 0 Å². The van der Waals surface area contributed by atoms with Crippen molar-refractivity contribution in [2.45, 2.75) is 0 Å². The van der Waals surface area contributed by atoms with Gasteiger partial charge in [0.1, 0.15) is 0 Å². The molecule has 2 N–H and O–H groups in total. The molecule has 4 heteroatoms. The van der Waals surface area contributed by atoms with Gasteiger partial charge in [-0.1, -0.05) is 6.58 Å². The Bertz CT molecular complexity index is 119. The van der Waals surface area contributed by atoms with Crippen molar-refractivity contribution in [3.8, 4) is 0 Å². The van der Waals surface area contributed by atoms with Crippen molar-refractivity contribution in [2.75, 3.05) is 14.2 Å². The lowest BCUT2D eigenvalue weighted by Gasteiger charge is -2.11. The molecule has 0 aromatic rings. The molecule has 4 nitrogen and oxygen atoms in total. The summed E-state index contributed by atoms with van der Waals surface area (Å²) in [5.41, 5.74) is 0. The minimum atomic E-state index is 0.338. The zero-order chi connectivity index (χ0) is 7.28. The highest BCUT2D eigenvalue weighted by Gasteiger charge is 1.96. The predicted octanol–water partition coefficient (Wildman–Crippen LogP) is -0.0622. The monoisotopic (exact) mass is 129 g/mol. The molecule has 0 amide bonds. The fourth-order valence-corrected chi connectivity index (χ4v) is 0.366. The maximum atomic E-state index is 5.26. The molecule has 0 radical (unpaired) electrons. The lowest BCUT2D eigenvalue weighted by molar-refractivity contribution is 0.313. The maximum absolute atomic E-state index is 5.26. The molecule has 0 fully saturated rings. The maximum Gasteiger partial charge on any atom is 0.306 e. The number of methoxy groups -OCH3 is 1. The van der Waals surface area contributed by atoms with Crippen LogP contribution in [0.1, 0.15) is 0 Å². The quantitative estimate of drug-likeness (QED) is 0.233. The molecule has 0 saturated carbocycles. The van der Waals surface area contributed by atoms with Crippen molar-refractivity contribution in [2.24, 2.45) is 10.8 Å². The molecule has 0 aliphatic rings. The first-order valence-electron chi connectivity index (χ1n) is 2.43. The van der Waals surface area contributed by atoms with Crippen LogP contribution in [0.15, 0.2) is 17.8 Å². The van der Waals surface area contributed by atoms with E-state index >= 15 is 0 Å². The van der Waals surface area contributed by atoms with Crippen LogP contribution in [0.5, 0.6) is 0 Å². The van der Waals surface area contributed by atoms with Gasteiger partial charge in [-0.25, -0.2) is 10.8 Å². The van der Waals surface area contributed by atoms with Gasteiger partial charge in [0.05, 0.1) is 7.11 Å². The standard InChI is InChI=1S/C5H11N3O/c1-4-7-5(9-3)8(2)6/h4H,1,6H2,2-3H3/b7-5+. The van der Waals surface area contributed by atoms with Crippen LogP contribution in [0.2, 0.25) is 0 Å². The fraction of sp³-hybridized carbons (Fsp3) is 0.400. The Balaban J connectivity index is 3.96. The van der Waals surface area contributed by atoms with Gasteiger partial charge in [0.25, 0.3) is 0 Å². The number of hydrogen-bond acceptors (Lipinski definition) is 3. The highest BCUT2D eigenvalue weighted by molar-refractivity contribution is 5.73. The van der Waals surface area contributed by atoms with Crippen LogP contribution in [0.25, 0.3) is 0 Å². The van der Waals surface area contributed by atoms with Crippen LogP contribution in [-0.2, 0) is 4.74 Å². The second-order valence-corrected chi connectivity index (χ2v) is 1.41. The number of aliphatic imine (C=N–C) groups is 1. The van der Waals surface area contributed by atoms with Gasteiger partial charge < -0.3 is 4.74 Å². The van der Waals surface area contributed by atoms with E-state index in [4.69, 9.17) is 10.6 Å². The van der Waals surface area contributed by atoms with E-state index in [1.165, 1.54) is 18.3 Å². The summed E-state index contributed by atoms with van der Waals surface area (Å²) in [6, 6.07) is 0.338. The third-order valence-corrected chi connectivity index (χ3v) is 0.686. The van der Waals surface area contributed by atoms with Crippen molar-refractivity contribution >= 4 is 6.02 Å². The van der Waals surface area contributed by atoms with Gasteiger partial charge in [-0.3, -0.25) is 5.01 Å². The number of hydrogen-bond donors (Lipinski definition) is 1. The van der Waals surface area contributed by atoms with E-state index in [0.29, 0.717) is 6.02 Å². The summed E-state index contributed by atoms with van der Waals surface area (Å²) in [6.45, 7) is 3.38. The van der Waals surface area contributed by atoms with Gasteiger partial charge in [-0.05, 0) is 0 Å². The van der Waals surface area contributed by atoms with Crippen LogP contribution in [0.3, 0.4) is 0 Å². The molecule has 0 bridgehead atoms. The van der Waals surface area contributed by atoms with E-state index in [-0.39, 0.29) is 0 Å². The molecule has 0 aliphatic heterocycles. The lowest BCUT2D eigenvalue weighted by atomic mass is 10.9. The summed E-state index contributed by atoms with van der Waals surface area (Å²) >= 11 is 0. The Morgan fingerprint density at radius 3 is 2.56 bits per heavy atom. The van der Waals surface area contributed by atoms with E-state index in [1.54, 1.807) is 7.05 Å². The Morgan fingerprint density at radius 1 is 1.89 bits per heavy atom. The van der Waals surface area contributed by atoms with E-state index < -0.39 is 0 Å². The zero-order valence-corrected chi connectivity index (χ0v) is 5.66. The number of nitrogens with two attached hydrogens (primary N) is 1. The first kappa shape index (κ1) is 7.97. The summed E-state index contributed by atoms with van der Waals surface area (Å²) in [6.07, 6.45) is 1.36. The molecule has 0 saturated heterocycles. The Hall–Kier alpha value is -1.03. The Labute approximate surface area is 54.6 Å². The minimum Gasteiger partial charge on any atom is -0.467 e. The molecule has 0 aliphatic carbocycles. The topological polar surface area (TPSA) is 50.8 Å². The second kappa shape index (κ2) is 3.91. The van der Waals surface area contributed by atoms with Gasteiger partial charge in [-0.15, -0.1) is 0 Å². The van der Waals surface area contributed by atoms with Crippen LogP contribution in [0.4, 0.5) is 0 Å². The highest BCUT2D eigenvalue weighted by atomic mass is 16.5. The summed E-state index contributed by atoms with van der Waals surface area (Å²) in [5.74, 6) is 5.26. The molecule has 0 aromatic carbocycles. The van der Waals surface area contributed by atoms with Crippen LogP contribution in [0, 0.1) is 0 Å². The normalized spacial score (nSPS) is 10.8. The lowest BCUT2D eigenvalue weighted by Crippen LogP contribution is -2.34. The van der Waals surface area contributed by atoms with E-state index in [2.05, 4.69) is 11.6 Å². The van der Waals surface area contributed by atoms with Crippen LogP contribution in [-0.4, -0.2) is 25.2 Å². The molecule has 0 spiro atoms. The fourth-order valence-electron chi connectivity index (χ4n) is 0.366. The molecule has 0 atom stereocenters. The Morgan fingerprint density at radius 2 is 2.44 bits per heavy atom. The largest absolute Gasteiger partial charge is 0.467 e. The Kier molecular flexibility index (Phi) is 3.46. The van der Waals surface area contributed by atoms with E-state index in [0.717, 1.165) is 0 Å². The molecule has 0 aromatic heterocycles. The van der Waals surface area contributed by atoms with E-state index in [1.807, 2.05) is 0 Å². The third-order valence-electron chi connectivity index (χ3n) is 0.686. The summed E-state index contributed by atoms with van der Waals surface area (Å²) in [4.78, 5) is 3.70. The van der Waals surface area contributed by atoms with Gasteiger partial charge in [0, 0.05) is 13.2 Å². The average Bonchev–Trinajstić information content (AvgIpc) is 1.82. The molecular weight excluding hydrogens is 118 g/mol. The zero-order valence-electron chi connectivity index (χ0n) is 5.66.